The standard InChI is InChI=1S/C19H20N2OS2/c1-4-21-18(22)16-13(2)14(3)24-17(16)20-19(21)23-12-8-11-15-9-6-5-7-10-15/h5-11H,4,12H2,1-3H3. The number of nitrogens with zero attached hydrogens (tertiary/aromatic N) is 2. The molecular formula is C19H20N2OS2. The predicted octanol–water partition coefficient (Wildman–Crippen LogP) is 4.90. The molecule has 24 heavy (non-hydrogen) atoms. The molecular weight excluding hydrogens is 336 g/mol. The number of hydrogen-bond donors (Lipinski definition) is 0. The molecule has 0 aliphatic rings. The summed E-state index contributed by atoms with van der Waals surface area (Å²) in [6.07, 6.45) is 4.21. The summed E-state index contributed by atoms with van der Waals surface area (Å²) in [6, 6.07) is 10.2. The SMILES string of the molecule is CCn1c(SCC=Cc2ccccc2)nc2sc(C)c(C)c2c1=O. The van der Waals surface area contributed by atoms with Crippen LogP contribution in [0, 0.1) is 13.8 Å². The van der Waals surface area contributed by atoms with Crippen LogP contribution in [0.1, 0.15) is 22.9 Å². The summed E-state index contributed by atoms with van der Waals surface area (Å²) in [4.78, 5) is 19.5. The fourth-order valence-electron chi connectivity index (χ4n) is 2.57. The summed E-state index contributed by atoms with van der Waals surface area (Å²) >= 11 is 3.21. The lowest BCUT2D eigenvalue weighted by molar-refractivity contribution is 0.635. The molecule has 124 valence electrons. The molecule has 0 saturated heterocycles. The molecule has 5 heteroatoms. The van der Waals surface area contributed by atoms with Crippen molar-refractivity contribution in [2.45, 2.75) is 32.5 Å². The first-order valence-corrected chi connectivity index (χ1v) is 9.77. The lowest BCUT2D eigenvalue weighted by atomic mass is 10.2. The van der Waals surface area contributed by atoms with E-state index < -0.39 is 0 Å². The van der Waals surface area contributed by atoms with Crippen LogP contribution in [0.25, 0.3) is 16.3 Å². The Morgan fingerprint density at radius 1 is 1.25 bits per heavy atom. The van der Waals surface area contributed by atoms with E-state index in [0.717, 1.165) is 26.7 Å². The van der Waals surface area contributed by atoms with Gasteiger partial charge in [0, 0.05) is 17.2 Å². The molecule has 3 rings (SSSR count). The predicted molar refractivity (Wildman–Crippen MR) is 105 cm³/mol. The van der Waals surface area contributed by atoms with Crippen LogP contribution in [0.5, 0.6) is 0 Å². The highest BCUT2D eigenvalue weighted by Crippen LogP contribution is 2.28. The molecule has 3 nitrogen and oxygen atoms in total. The minimum absolute atomic E-state index is 0.0823. The van der Waals surface area contributed by atoms with Crippen molar-refractivity contribution in [2.75, 3.05) is 5.75 Å². The first-order valence-electron chi connectivity index (χ1n) is 7.96. The lowest BCUT2D eigenvalue weighted by Gasteiger charge is -2.08. The second kappa shape index (κ2) is 7.36. The highest BCUT2D eigenvalue weighted by molar-refractivity contribution is 7.99. The molecule has 1 aromatic carbocycles. The largest absolute Gasteiger partial charge is 0.287 e. The Labute approximate surface area is 150 Å². The maximum Gasteiger partial charge on any atom is 0.263 e. The van der Waals surface area contributed by atoms with Crippen LogP contribution >= 0.6 is 23.1 Å². The van der Waals surface area contributed by atoms with Gasteiger partial charge in [-0.2, -0.15) is 0 Å². The molecule has 0 aliphatic carbocycles. The third kappa shape index (κ3) is 3.32. The van der Waals surface area contributed by atoms with E-state index in [1.807, 2.05) is 39.0 Å². The van der Waals surface area contributed by atoms with Crippen molar-refractivity contribution >= 4 is 39.4 Å². The molecule has 2 aromatic heterocycles. The van der Waals surface area contributed by atoms with Crippen LogP contribution in [-0.2, 0) is 6.54 Å². The molecule has 0 radical (unpaired) electrons. The van der Waals surface area contributed by atoms with E-state index in [9.17, 15) is 4.79 Å². The van der Waals surface area contributed by atoms with Gasteiger partial charge in [-0.3, -0.25) is 9.36 Å². The highest BCUT2D eigenvalue weighted by atomic mass is 32.2. The molecule has 0 unspecified atom stereocenters. The van der Waals surface area contributed by atoms with Crippen molar-refractivity contribution in [1.29, 1.82) is 0 Å². The molecule has 0 aliphatic heterocycles. The van der Waals surface area contributed by atoms with Crippen molar-refractivity contribution in [3.63, 3.8) is 0 Å². The van der Waals surface area contributed by atoms with Gasteiger partial charge < -0.3 is 0 Å². The van der Waals surface area contributed by atoms with Crippen molar-refractivity contribution in [1.82, 2.24) is 9.55 Å². The number of benzene rings is 1. The fourth-order valence-corrected chi connectivity index (χ4v) is 4.51. The maximum atomic E-state index is 12.8. The van der Waals surface area contributed by atoms with Gasteiger partial charge in [0.15, 0.2) is 5.16 Å². The number of rotatable bonds is 5. The van der Waals surface area contributed by atoms with Gasteiger partial charge >= 0.3 is 0 Å². The van der Waals surface area contributed by atoms with Crippen LogP contribution in [0.3, 0.4) is 0 Å². The molecule has 2 heterocycles. The van der Waals surface area contributed by atoms with E-state index in [2.05, 4.69) is 24.3 Å². The third-order valence-corrected chi connectivity index (χ3v) is 6.02. The fraction of sp³-hybridized carbons (Fsp3) is 0.263. The van der Waals surface area contributed by atoms with Crippen LogP contribution < -0.4 is 5.56 Å². The van der Waals surface area contributed by atoms with Crippen molar-refractivity contribution in [3.05, 3.63) is 62.8 Å². The van der Waals surface area contributed by atoms with E-state index in [0.29, 0.717) is 6.54 Å². The zero-order valence-electron chi connectivity index (χ0n) is 14.1. The van der Waals surface area contributed by atoms with E-state index in [1.165, 1.54) is 10.4 Å². The Hall–Kier alpha value is -1.85. The number of aryl methyl sites for hydroxylation is 2. The molecule has 0 bridgehead atoms. The summed E-state index contributed by atoms with van der Waals surface area (Å²) in [5, 5.41) is 1.58. The van der Waals surface area contributed by atoms with E-state index >= 15 is 0 Å². The Morgan fingerprint density at radius 2 is 2.00 bits per heavy atom. The van der Waals surface area contributed by atoms with Gasteiger partial charge in [0.25, 0.3) is 5.56 Å². The van der Waals surface area contributed by atoms with Crippen LogP contribution in [-0.4, -0.2) is 15.3 Å². The van der Waals surface area contributed by atoms with Gasteiger partial charge in [-0.1, -0.05) is 54.2 Å². The third-order valence-electron chi connectivity index (χ3n) is 3.99. The average Bonchev–Trinajstić information content (AvgIpc) is 2.87. The van der Waals surface area contributed by atoms with Crippen LogP contribution in [0.4, 0.5) is 0 Å². The number of thioether (sulfide) groups is 1. The van der Waals surface area contributed by atoms with Gasteiger partial charge in [-0.15, -0.1) is 11.3 Å². The molecule has 0 spiro atoms. The van der Waals surface area contributed by atoms with Crippen LogP contribution in [0.15, 0.2) is 46.4 Å². The first kappa shape index (κ1) is 17.0. The summed E-state index contributed by atoms with van der Waals surface area (Å²) < 4.78 is 1.78. The topological polar surface area (TPSA) is 34.9 Å². The average molecular weight is 357 g/mol. The number of hydrogen-bond acceptors (Lipinski definition) is 4. The Balaban J connectivity index is 1.86. The van der Waals surface area contributed by atoms with Gasteiger partial charge in [0.2, 0.25) is 0 Å². The Kier molecular flexibility index (Phi) is 5.21. The highest BCUT2D eigenvalue weighted by Gasteiger charge is 2.15. The Morgan fingerprint density at radius 3 is 2.71 bits per heavy atom. The zero-order valence-corrected chi connectivity index (χ0v) is 15.7. The molecule has 0 saturated carbocycles. The molecule has 0 amide bonds. The minimum atomic E-state index is 0.0823. The van der Waals surface area contributed by atoms with E-state index in [4.69, 9.17) is 4.98 Å². The summed E-state index contributed by atoms with van der Waals surface area (Å²) in [7, 11) is 0. The van der Waals surface area contributed by atoms with Gasteiger partial charge in [-0.25, -0.2) is 4.98 Å². The quantitative estimate of drug-likeness (QED) is 0.482. The summed E-state index contributed by atoms with van der Waals surface area (Å²) in [5.41, 5.74) is 2.33. The number of fused-ring (bicyclic) bond motifs is 1. The van der Waals surface area contributed by atoms with Gasteiger partial charge in [0.1, 0.15) is 4.83 Å². The monoisotopic (exact) mass is 356 g/mol. The van der Waals surface area contributed by atoms with Crippen molar-refractivity contribution in [2.24, 2.45) is 0 Å². The lowest BCUT2D eigenvalue weighted by Crippen LogP contribution is -2.22. The summed E-state index contributed by atoms with van der Waals surface area (Å²) in [5.74, 6) is 0.788. The number of aromatic nitrogens is 2. The van der Waals surface area contributed by atoms with Gasteiger partial charge in [-0.05, 0) is 31.9 Å². The Bertz CT molecular complexity index is 939. The molecule has 0 fully saturated rings. The second-order valence-corrected chi connectivity index (χ2v) is 7.72. The molecule has 0 atom stereocenters. The van der Waals surface area contributed by atoms with E-state index in [-0.39, 0.29) is 5.56 Å². The number of thiophene rings is 1. The van der Waals surface area contributed by atoms with Crippen molar-refractivity contribution < 1.29 is 0 Å². The zero-order chi connectivity index (χ0) is 17.1. The molecule has 0 N–H and O–H groups in total. The molecule has 3 aromatic rings. The van der Waals surface area contributed by atoms with Crippen molar-refractivity contribution in [3.8, 4) is 0 Å². The normalized spacial score (nSPS) is 11.6. The smallest absolute Gasteiger partial charge is 0.263 e. The summed E-state index contributed by atoms with van der Waals surface area (Å²) in [6.45, 7) is 6.69. The maximum absolute atomic E-state index is 12.8. The first-order chi connectivity index (χ1) is 11.6. The van der Waals surface area contributed by atoms with E-state index in [1.54, 1.807) is 27.7 Å². The van der Waals surface area contributed by atoms with Gasteiger partial charge in [0.05, 0.1) is 5.39 Å². The minimum Gasteiger partial charge on any atom is -0.287 e. The second-order valence-electron chi connectivity index (χ2n) is 5.53. The van der Waals surface area contributed by atoms with Crippen LogP contribution in [0.2, 0.25) is 0 Å².